The molecule has 0 aromatic rings. The van der Waals surface area contributed by atoms with Crippen LogP contribution in [-0.2, 0) is 9.59 Å². The number of unbranched alkanes of at least 4 members (excludes halogenated alkanes) is 18. The minimum absolute atomic E-state index is 0.654. The molecule has 1 aliphatic rings. The number of isocyanates is 2. The van der Waals surface area contributed by atoms with Gasteiger partial charge in [0.1, 0.15) is 0 Å². The smallest absolute Gasteiger partial charge is 0.211 e. The molecule has 4 heteroatoms. The Balaban J connectivity index is 2.61. The Labute approximate surface area is 261 Å². The molecular formula is C38H70N2O2. The Morgan fingerprint density at radius 3 is 0.976 bits per heavy atom. The van der Waals surface area contributed by atoms with Crippen LogP contribution in [0.5, 0.6) is 0 Å². The zero-order valence-electron chi connectivity index (χ0n) is 28.2. The molecule has 1 aliphatic carbocycles. The number of hydrogen-bond donors (Lipinski definition) is 0. The van der Waals surface area contributed by atoms with Gasteiger partial charge in [-0.1, -0.05) is 168 Å². The van der Waals surface area contributed by atoms with E-state index in [2.05, 4.69) is 23.8 Å². The third-order valence-electron chi connectivity index (χ3n) is 10.2. The summed E-state index contributed by atoms with van der Waals surface area (Å²) in [6.45, 7) is 5.97. The van der Waals surface area contributed by atoms with E-state index in [9.17, 15) is 9.59 Å². The molecule has 0 spiro atoms. The van der Waals surface area contributed by atoms with E-state index < -0.39 is 0 Å². The largest absolute Gasteiger partial charge is 0.234 e. The summed E-state index contributed by atoms with van der Waals surface area (Å²) in [4.78, 5) is 27.9. The second kappa shape index (κ2) is 29.8. The van der Waals surface area contributed by atoms with Crippen LogP contribution in [0.1, 0.15) is 194 Å². The first-order valence-corrected chi connectivity index (χ1v) is 18.8. The van der Waals surface area contributed by atoms with Crippen LogP contribution in [-0.4, -0.2) is 25.2 Å². The lowest BCUT2D eigenvalue weighted by Gasteiger charge is -2.42. The molecular weight excluding hydrogens is 516 g/mol. The predicted octanol–water partition coefficient (Wildman–Crippen LogP) is 12.1. The number of hydrogen-bond acceptors (Lipinski definition) is 4. The SMILES string of the molecule is CCCCCCCCC1CC(CCCCCCCCN=C=O)C(CCCCCCCCN=C=O)CC1CCCCCC. The van der Waals surface area contributed by atoms with Gasteiger partial charge in [0.2, 0.25) is 12.2 Å². The van der Waals surface area contributed by atoms with E-state index >= 15 is 0 Å². The Morgan fingerprint density at radius 1 is 0.405 bits per heavy atom. The van der Waals surface area contributed by atoms with E-state index in [1.807, 2.05) is 0 Å². The van der Waals surface area contributed by atoms with Crippen molar-refractivity contribution < 1.29 is 9.59 Å². The molecule has 0 aromatic heterocycles. The van der Waals surface area contributed by atoms with Crippen molar-refractivity contribution in [2.45, 2.75) is 194 Å². The monoisotopic (exact) mass is 587 g/mol. The number of nitrogens with zero attached hydrogens (tertiary/aromatic N) is 2. The van der Waals surface area contributed by atoms with Gasteiger partial charge in [0.25, 0.3) is 0 Å². The molecule has 0 amide bonds. The highest BCUT2D eigenvalue weighted by atomic mass is 16.1. The van der Waals surface area contributed by atoms with E-state index in [1.165, 1.54) is 167 Å². The van der Waals surface area contributed by atoms with E-state index in [0.717, 1.165) is 36.5 Å². The van der Waals surface area contributed by atoms with Gasteiger partial charge in [0.05, 0.1) is 13.1 Å². The van der Waals surface area contributed by atoms with E-state index in [4.69, 9.17) is 0 Å². The van der Waals surface area contributed by atoms with Gasteiger partial charge in [-0.2, -0.15) is 0 Å². The van der Waals surface area contributed by atoms with Crippen LogP contribution in [0, 0.1) is 23.7 Å². The molecule has 244 valence electrons. The van der Waals surface area contributed by atoms with Gasteiger partial charge in [-0.15, -0.1) is 0 Å². The predicted molar refractivity (Wildman–Crippen MR) is 181 cm³/mol. The molecule has 4 nitrogen and oxygen atoms in total. The molecule has 4 atom stereocenters. The van der Waals surface area contributed by atoms with E-state index in [-0.39, 0.29) is 0 Å². The van der Waals surface area contributed by atoms with E-state index in [1.54, 1.807) is 12.2 Å². The minimum Gasteiger partial charge on any atom is -0.211 e. The molecule has 0 bridgehead atoms. The fourth-order valence-corrected chi connectivity index (χ4v) is 7.68. The first-order chi connectivity index (χ1) is 20.8. The lowest BCUT2D eigenvalue weighted by molar-refractivity contribution is 0.0814. The van der Waals surface area contributed by atoms with Gasteiger partial charge in [0.15, 0.2) is 0 Å². The van der Waals surface area contributed by atoms with Crippen molar-refractivity contribution in [3.05, 3.63) is 0 Å². The molecule has 4 unspecified atom stereocenters. The summed E-state index contributed by atoms with van der Waals surface area (Å²) in [5, 5.41) is 0. The van der Waals surface area contributed by atoms with E-state index in [0.29, 0.717) is 13.1 Å². The maximum atomic E-state index is 10.2. The third kappa shape index (κ3) is 21.4. The van der Waals surface area contributed by atoms with Crippen molar-refractivity contribution >= 4 is 12.2 Å². The fourth-order valence-electron chi connectivity index (χ4n) is 7.68. The lowest BCUT2D eigenvalue weighted by atomic mass is 9.63. The van der Waals surface area contributed by atoms with Crippen molar-refractivity contribution in [2.75, 3.05) is 13.1 Å². The Morgan fingerprint density at radius 2 is 0.667 bits per heavy atom. The normalized spacial score (nSPS) is 20.2. The quantitative estimate of drug-likeness (QED) is 0.0477. The summed E-state index contributed by atoms with van der Waals surface area (Å²) < 4.78 is 0. The molecule has 0 aliphatic heterocycles. The van der Waals surface area contributed by atoms with Crippen molar-refractivity contribution in [2.24, 2.45) is 33.7 Å². The number of rotatable bonds is 30. The zero-order valence-corrected chi connectivity index (χ0v) is 28.2. The molecule has 1 fully saturated rings. The molecule has 0 saturated heterocycles. The van der Waals surface area contributed by atoms with Gasteiger partial charge in [0, 0.05) is 0 Å². The topological polar surface area (TPSA) is 58.9 Å². The summed E-state index contributed by atoms with van der Waals surface area (Å²) in [7, 11) is 0. The van der Waals surface area contributed by atoms with Crippen LogP contribution in [0.15, 0.2) is 9.98 Å². The first-order valence-electron chi connectivity index (χ1n) is 18.8. The van der Waals surface area contributed by atoms with Crippen LogP contribution in [0.3, 0.4) is 0 Å². The van der Waals surface area contributed by atoms with Crippen molar-refractivity contribution in [3.8, 4) is 0 Å². The summed E-state index contributed by atoms with van der Waals surface area (Å²) in [6.07, 6.45) is 41.7. The van der Waals surface area contributed by atoms with Gasteiger partial charge in [-0.05, 0) is 49.4 Å². The Hall–Kier alpha value is -1.24. The minimum atomic E-state index is 0.654. The molecule has 1 saturated carbocycles. The third-order valence-corrected chi connectivity index (χ3v) is 10.2. The molecule has 1 rings (SSSR count). The standard InChI is InChI=1S/C38H70N2O2/c1-3-5-7-9-14-20-26-36-32-38(28-22-16-11-13-18-24-30-40-34-42)37(31-35(36)25-19-8-6-4-2)27-21-15-10-12-17-23-29-39-33-41/h35-38H,3-32H2,1-2H3. The van der Waals surface area contributed by atoms with Crippen LogP contribution < -0.4 is 0 Å². The Bertz CT molecular complexity index is 683. The van der Waals surface area contributed by atoms with Gasteiger partial charge in [-0.25, -0.2) is 19.6 Å². The summed E-state index contributed by atoms with van der Waals surface area (Å²) in [6, 6.07) is 0. The first kappa shape index (κ1) is 38.8. The number of carbonyl (C=O) groups excluding carboxylic acids is 2. The highest BCUT2D eigenvalue weighted by Gasteiger charge is 2.35. The van der Waals surface area contributed by atoms with Crippen LogP contribution in [0.4, 0.5) is 0 Å². The maximum Gasteiger partial charge on any atom is 0.234 e. The molecule has 0 radical (unpaired) electrons. The van der Waals surface area contributed by atoms with Gasteiger partial charge >= 0.3 is 0 Å². The maximum absolute atomic E-state index is 10.2. The van der Waals surface area contributed by atoms with Gasteiger partial charge in [-0.3, -0.25) is 0 Å². The van der Waals surface area contributed by atoms with Crippen LogP contribution in [0.25, 0.3) is 0 Å². The summed E-state index contributed by atoms with van der Waals surface area (Å²) in [5.41, 5.74) is 0. The zero-order chi connectivity index (χ0) is 30.4. The molecule has 0 heterocycles. The fraction of sp³-hybridized carbons (Fsp3) is 0.947. The second-order valence-electron chi connectivity index (χ2n) is 13.7. The highest BCUT2D eigenvalue weighted by molar-refractivity contribution is 5.32. The summed E-state index contributed by atoms with van der Waals surface area (Å²) in [5.74, 6) is 3.85. The summed E-state index contributed by atoms with van der Waals surface area (Å²) >= 11 is 0. The van der Waals surface area contributed by atoms with Crippen LogP contribution >= 0.6 is 0 Å². The van der Waals surface area contributed by atoms with Crippen molar-refractivity contribution in [1.82, 2.24) is 0 Å². The second-order valence-corrected chi connectivity index (χ2v) is 13.7. The highest BCUT2D eigenvalue weighted by Crippen LogP contribution is 2.46. The lowest BCUT2D eigenvalue weighted by Crippen LogP contribution is -2.32. The Kier molecular flexibility index (Phi) is 27.5. The average molecular weight is 587 g/mol. The molecule has 42 heavy (non-hydrogen) atoms. The van der Waals surface area contributed by atoms with Gasteiger partial charge < -0.3 is 0 Å². The van der Waals surface area contributed by atoms with Crippen molar-refractivity contribution in [1.29, 1.82) is 0 Å². The molecule has 0 aromatic carbocycles. The van der Waals surface area contributed by atoms with Crippen molar-refractivity contribution in [3.63, 3.8) is 0 Å². The molecule has 0 N–H and O–H groups in total. The van der Waals surface area contributed by atoms with Crippen LogP contribution in [0.2, 0.25) is 0 Å². The number of aliphatic imine (C=N–C) groups is 2. The average Bonchev–Trinajstić information content (AvgIpc) is 3.00.